The fourth-order valence-electron chi connectivity index (χ4n) is 3.38. The zero-order valence-electron chi connectivity index (χ0n) is 17.0. The highest BCUT2D eigenvalue weighted by atomic mass is 127. The first kappa shape index (κ1) is 24.2. The summed E-state index contributed by atoms with van der Waals surface area (Å²) in [6, 6.07) is 7.68. The number of benzene rings is 1. The van der Waals surface area contributed by atoms with Gasteiger partial charge in [-0.15, -0.1) is 24.0 Å². The van der Waals surface area contributed by atoms with Crippen LogP contribution >= 0.6 is 24.0 Å². The molecule has 0 radical (unpaired) electrons. The van der Waals surface area contributed by atoms with Crippen molar-refractivity contribution in [1.29, 1.82) is 0 Å². The number of nitrogens with zero attached hydrogens (tertiary/aromatic N) is 2. The maximum Gasteiger partial charge on any atom is 0.251 e. The lowest BCUT2D eigenvalue weighted by Gasteiger charge is -2.34. The zero-order chi connectivity index (χ0) is 19.6. The van der Waals surface area contributed by atoms with Gasteiger partial charge in [0.05, 0.1) is 0 Å². The van der Waals surface area contributed by atoms with E-state index in [0.29, 0.717) is 17.9 Å². The summed E-state index contributed by atoms with van der Waals surface area (Å²) in [4.78, 5) is 29.9. The molecular formula is C20H32IN5O2. The second-order valence-electron chi connectivity index (χ2n) is 6.81. The summed E-state index contributed by atoms with van der Waals surface area (Å²) < 4.78 is 0. The first-order valence-corrected chi connectivity index (χ1v) is 9.54. The highest BCUT2D eigenvalue weighted by Crippen LogP contribution is 2.20. The van der Waals surface area contributed by atoms with Crippen LogP contribution in [0.3, 0.4) is 0 Å². The SMILES string of the molecule is CN=C(NCCc1cccc(C(=O)NC)c1)N1CCC(CC(=O)NC)CC1.I. The van der Waals surface area contributed by atoms with E-state index in [9.17, 15) is 9.59 Å². The molecule has 28 heavy (non-hydrogen) atoms. The maximum atomic E-state index is 11.7. The van der Waals surface area contributed by atoms with Crippen LogP contribution in [0.15, 0.2) is 29.3 Å². The molecule has 0 unspecified atom stereocenters. The van der Waals surface area contributed by atoms with Gasteiger partial charge >= 0.3 is 0 Å². The topological polar surface area (TPSA) is 85.8 Å². The Balaban J connectivity index is 0.00000392. The lowest BCUT2D eigenvalue weighted by atomic mass is 9.93. The van der Waals surface area contributed by atoms with Crippen LogP contribution in [0.5, 0.6) is 0 Å². The lowest BCUT2D eigenvalue weighted by Crippen LogP contribution is -2.46. The third kappa shape index (κ3) is 7.29. The molecule has 0 aromatic heterocycles. The average molecular weight is 501 g/mol. The van der Waals surface area contributed by atoms with Gasteiger partial charge in [-0.1, -0.05) is 12.1 Å². The van der Waals surface area contributed by atoms with Gasteiger partial charge in [-0.05, 0) is 42.9 Å². The van der Waals surface area contributed by atoms with E-state index < -0.39 is 0 Å². The van der Waals surface area contributed by atoms with Crippen molar-refractivity contribution in [1.82, 2.24) is 20.9 Å². The second-order valence-corrected chi connectivity index (χ2v) is 6.81. The minimum atomic E-state index is -0.0692. The molecular weight excluding hydrogens is 469 g/mol. The van der Waals surface area contributed by atoms with Crippen molar-refractivity contribution in [3.8, 4) is 0 Å². The molecule has 0 saturated carbocycles. The molecule has 3 N–H and O–H groups in total. The number of nitrogens with one attached hydrogen (secondary N) is 3. The van der Waals surface area contributed by atoms with Gasteiger partial charge < -0.3 is 20.9 Å². The van der Waals surface area contributed by atoms with Gasteiger partial charge in [0.15, 0.2) is 5.96 Å². The first-order valence-electron chi connectivity index (χ1n) is 9.54. The number of hydrogen-bond donors (Lipinski definition) is 3. The molecule has 2 rings (SSSR count). The summed E-state index contributed by atoms with van der Waals surface area (Å²) >= 11 is 0. The number of halogens is 1. The molecule has 1 fully saturated rings. The van der Waals surface area contributed by atoms with Crippen molar-refractivity contribution in [3.63, 3.8) is 0 Å². The molecule has 0 aliphatic carbocycles. The van der Waals surface area contributed by atoms with Gasteiger partial charge in [0, 0.05) is 52.8 Å². The van der Waals surface area contributed by atoms with Crippen molar-refractivity contribution >= 4 is 41.8 Å². The Kier molecular flexibility index (Phi) is 10.9. The predicted octanol–water partition coefficient (Wildman–Crippen LogP) is 1.63. The fourth-order valence-corrected chi connectivity index (χ4v) is 3.38. The van der Waals surface area contributed by atoms with Gasteiger partial charge in [-0.3, -0.25) is 14.6 Å². The van der Waals surface area contributed by atoms with Crippen molar-refractivity contribution in [2.24, 2.45) is 10.9 Å². The maximum absolute atomic E-state index is 11.7. The Morgan fingerprint density at radius 2 is 1.89 bits per heavy atom. The number of piperidine rings is 1. The summed E-state index contributed by atoms with van der Waals surface area (Å²) in [5, 5.41) is 8.76. The van der Waals surface area contributed by atoms with Crippen molar-refractivity contribution < 1.29 is 9.59 Å². The molecule has 7 nitrogen and oxygen atoms in total. The molecule has 1 aliphatic rings. The summed E-state index contributed by atoms with van der Waals surface area (Å²) in [6.07, 6.45) is 3.43. The van der Waals surface area contributed by atoms with E-state index in [2.05, 4.69) is 25.8 Å². The van der Waals surface area contributed by atoms with Crippen molar-refractivity contribution in [2.75, 3.05) is 40.8 Å². The van der Waals surface area contributed by atoms with Gasteiger partial charge in [0.2, 0.25) is 5.91 Å². The molecule has 1 heterocycles. The normalized spacial score (nSPS) is 14.8. The van der Waals surface area contributed by atoms with E-state index in [4.69, 9.17) is 0 Å². The van der Waals surface area contributed by atoms with Crippen molar-refractivity contribution in [2.45, 2.75) is 25.7 Å². The smallest absolute Gasteiger partial charge is 0.251 e. The van der Waals surface area contributed by atoms with E-state index in [-0.39, 0.29) is 35.8 Å². The number of carbonyl (C=O) groups excluding carboxylic acids is 2. The van der Waals surface area contributed by atoms with Crippen LogP contribution in [0.25, 0.3) is 0 Å². The number of guanidine groups is 1. The molecule has 1 aliphatic heterocycles. The number of aliphatic imine (C=N–C) groups is 1. The molecule has 2 amide bonds. The highest BCUT2D eigenvalue weighted by Gasteiger charge is 2.22. The largest absolute Gasteiger partial charge is 0.359 e. The average Bonchev–Trinajstić information content (AvgIpc) is 2.71. The third-order valence-corrected chi connectivity index (χ3v) is 4.99. The third-order valence-electron chi connectivity index (χ3n) is 4.99. The van der Waals surface area contributed by atoms with E-state index in [1.165, 1.54) is 0 Å². The van der Waals surface area contributed by atoms with Crippen LogP contribution in [0, 0.1) is 5.92 Å². The molecule has 1 aromatic carbocycles. The standard InChI is InChI=1S/C20H31N5O2.HI/c1-21-18(26)14-16-8-11-25(12-9-16)20(23-3)24-10-7-15-5-4-6-17(13-15)19(27)22-2;/h4-6,13,16H,7-12,14H2,1-3H3,(H,21,26)(H,22,27)(H,23,24);1H. The minimum absolute atomic E-state index is 0. The number of carbonyl (C=O) groups is 2. The number of amides is 2. The highest BCUT2D eigenvalue weighted by molar-refractivity contribution is 14.0. The van der Waals surface area contributed by atoms with E-state index >= 15 is 0 Å². The molecule has 0 bridgehead atoms. The number of rotatable bonds is 6. The zero-order valence-corrected chi connectivity index (χ0v) is 19.3. The molecule has 0 spiro atoms. The Labute approximate surface area is 184 Å². The van der Waals surface area contributed by atoms with Crippen LogP contribution in [-0.4, -0.2) is 63.5 Å². The summed E-state index contributed by atoms with van der Waals surface area (Å²) in [7, 11) is 5.12. The Morgan fingerprint density at radius 1 is 1.18 bits per heavy atom. The Morgan fingerprint density at radius 3 is 2.50 bits per heavy atom. The lowest BCUT2D eigenvalue weighted by molar-refractivity contribution is -0.121. The van der Waals surface area contributed by atoms with Crippen LogP contribution in [0.2, 0.25) is 0 Å². The number of likely N-dealkylation sites (tertiary alicyclic amines) is 1. The summed E-state index contributed by atoms with van der Waals surface area (Å²) in [5.74, 6) is 1.40. The van der Waals surface area contributed by atoms with E-state index in [1.807, 2.05) is 24.3 Å². The molecule has 1 saturated heterocycles. The Hall–Kier alpha value is -1.84. The summed E-state index contributed by atoms with van der Waals surface area (Å²) in [6.45, 7) is 2.57. The predicted molar refractivity (Wildman–Crippen MR) is 123 cm³/mol. The molecule has 156 valence electrons. The Bertz CT molecular complexity index is 672. The van der Waals surface area contributed by atoms with Crippen LogP contribution < -0.4 is 16.0 Å². The van der Waals surface area contributed by atoms with Gasteiger partial charge in [-0.25, -0.2) is 0 Å². The summed E-state index contributed by atoms with van der Waals surface area (Å²) in [5.41, 5.74) is 1.79. The monoisotopic (exact) mass is 501 g/mol. The minimum Gasteiger partial charge on any atom is -0.359 e. The molecule has 1 aromatic rings. The quantitative estimate of drug-likeness (QED) is 0.314. The first-order chi connectivity index (χ1) is 13.1. The molecule has 8 heteroatoms. The van der Waals surface area contributed by atoms with Crippen LogP contribution in [0.4, 0.5) is 0 Å². The van der Waals surface area contributed by atoms with Crippen LogP contribution in [0.1, 0.15) is 35.2 Å². The van der Waals surface area contributed by atoms with E-state index in [1.54, 1.807) is 21.1 Å². The fraction of sp³-hybridized carbons (Fsp3) is 0.550. The van der Waals surface area contributed by atoms with Crippen LogP contribution in [-0.2, 0) is 11.2 Å². The second kappa shape index (κ2) is 12.6. The van der Waals surface area contributed by atoms with Gasteiger partial charge in [0.25, 0.3) is 5.91 Å². The number of hydrogen-bond acceptors (Lipinski definition) is 3. The molecule has 0 atom stereocenters. The van der Waals surface area contributed by atoms with Crippen molar-refractivity contribution in [3.05, 3.63) is 35.4 Å². The van der Waals surface area contributed by atoms with Gasteiger partial charge in [-0.2, -0.15) is 0 Å². The van der Waals surface area contributed by atoms with E-state index in [0.717, 1.165) is 50.4 Å². The van der Waals surface area contributed by atoms with Gasteiger partial charge in [0.1, 0.15) is 0 Å².